The van der Waals surface area contributed by atoms with E-state index < -0.39 is 5.82 Å². The first-order valence-corrected chi connectivity index (χ1v) is 9.31. The van der Waals surface area contributed by atoms with Crippen molar-refractivity contribution >= 4 is 22.4 Å². The molecule has 1 N–H and O–H groups in total. The third-order valence-corrected chi connectivity index (χ3v) is 5.44. The number of carbonyl (C=O) groups excluding carboxylic acids is 1. The Balaban J connectivity index is 1.43. The Hall–Kier alpha value is -2.57. The van der Waals surface area contributed by atoms with Crippen molar-refractivity contribution in [3.8, 4) is 0 Å². The van der Waals surface area contributed by atoms with Gasteiger partial charge in [0.25, 0.3) is 5.91 Å². The van der Waals surface area contributed by atoms with Crippen LogP contribution >= 0.6 is 11.3 Å². The molecule has 0 saturated carbocycles. The summed E-state index contributed by atoms with van der Waals surface area (Å²) in [7, 11) is 0. The number of nitrogens with one attached hydrogen (secondary N) is 1. The lowest BCUT2D eigenvalue weighted by Gasteiger charge is -2.25. The van der Waals surface area contributed by atoms with Crippen LogP contribution in [0.15, 0.2) is 54.6 Å². The molecule has 0 radical (unpaired) electrons. The maximum Gasteiger partial charge on any atom is 0.257 e. The number of nitrogens with zero attached hydrogens (tertiary/aromatic N) is 2. The fourth-order valence-corrected chi connectivity index (χ4v) is 4.04. The molecule has 26 heavy (non-hydrogen) atoms. The molecule has 1 aliphatic rings. The van der Waals surface area contributed by atoms with Crippen molar-refractivity contribution in [1.82, 2.24) is 9.88 Å². The smallest absolute Gasteiger partial charge is 0.257 e. The number of halogens is 1. The quantitative estimate of drug-likeness (QED) is 0.755. The molecule has 0 unspecified atom stereocenters. The van der Waals surface area contributed by atoms with Crippen LogP contribution in [-0.2, 0) is 19.5 Å². The number of rotatable bonds is 4. The second-order valence-corrected chi connectivity index (χ2v) is 7.38. The molecule has 4 rings (SSSR count). The Bertz CT molecular complexity index is 926. The monoisotopic (exact) mass is 367 g/mol. The molecule has 0 atom stereocenters. The Morgan fingerprint density at radius 3 is 2.85 bits per heavy atom. The number of anilines is 1. The Morgan fingerprint density at radius 1 is 1.19 bits per heavy atom. The van der Waals surface area contributed by atoms with Gasteiger partial charge >= 0.3 is 0 Å². The zero-order valence-electron chi connectivity index (χ0n) is 14.1. The zero-order chi connectivity index (χ0) is 17.9. The van der Waals surface area contributed by atoms with Crippen molar-refractivity contribution in [2.45, 2.75) is 19.5 Å². The summed E-state index contributed by atoms with van der Waals surface area (Å²) in [5, 5.41) is 3.37. The van der Waals surface area contributed by atoms with E-state index in [1.165, 1.54) is 40.0 Å². The summed E-state index contributed by atoms with van der Waals surface area (Å²) in [5.41, 5.74) is 2.60. The third kappa shape index (κ3) is 3.81. The molecular weight excluding hydrogens is 349 g/mol. The first-order chi connectivity index (χ1) is 12.7. The minimum Gasteiger partial charge on any atom is -0.298 e. The maximum absolute atomic E-state index is 13.3. The molecule has 0 spiro atoms. The number of amides is 1. The lowest BCUT2D eigenvalue weighted by molar-refractivity contribution is 0.102. The van der Waals surface area contributed by atoms with Crippen LogP contribution in [-0.4, -0.2) is 22.3 Å². The van der Waals surface area contributed by atoms with E-state index in [2.05, 4.69) is 27.3 Å². The van der Waals surface area contributed by atoms with Gasteiger partial charge in [0.2, 0.25) is 0 Å². The van der Waals surface area contributed by atoms with E-state index in [1.807, 2.05) is 18.2 Å². The van der Waals surface area contributed by atoms with Crippen molar-refractivity contribution in [1.29, 1.82) is 0 Å². The summed E-state index contributed by atoms with van der Waals surface area (Å²) in [4.78, 5) is 20.4. The number of hydrogen-bond acceptors (Lipinski definition) is 4. The van der Waals surface area contributed by atoms with Gasteiger partial charge in [-0.25, -0.2) is 9.37 Å². The maximum atomic E-state index is 13.3. The topological polar surface area (TPSA) is 45.2 Å². The standard InChI is InChI=1S/C20H18FN3OS/c21-16-8-4-7-15(11-16)19(25)23-20-22-17-13-24(10-9-18(17)26-20)12-14-5-2-1-3-6-14/h1-8,11H,9-10,12-13H2,(H,22,23,25). The highest BCUT2D eigenvalue weighted by molar-refractivity contribution is 7.15. The molecule has 0 fully saturated rings. The summed E-state index contributed by atoms with van der Waals surface area (Å²) >= 11 is 1.51. The van der Waals surface area contributed by atoms with Crippen LogP contribution in [0, 0.1) is 5.82 Å². The summed E-state index contributed by atoms with van der Waals surface area (Å²) in [6.07, 6.45) is 0.926. The predicted molar refractivity (Wildman–Crippen MR) is 101 cm³/mol. The summed E-state index contributed by atoms with van der Waals surface area (Å²) in [6.45, 7) is 2.64. The molecule has 132 valence electrons. The third-order valence-electron chi connectivity index (χ3n) is 4.36. The van der Waals surface area contributed by atoms with Crippen LogP contribution in [0.2, 0.25) is 0 Å². The van der Waals surface area contributed by atoms with E-state index in [9.17, 15) is 9.18 Å². The van der Waals surface area contributed by atoms with Gasteiger partial charge in [-0.3, -0.25) is 15.0 Å². The van der Waals surface area contributed by atoms with E-state index in [0.717, 1.165) is 31.7 Å². The van der Waals surface area contributed by atoms with Crippen LogP contribution in [0.25, 0.3) is 0 Å². The highest BCUT2D eigenvalue weighted by Crippen LogP contribution is 2.29. The van der Waals surface area contributed by atoms with E-state index in [-0.39, 0.29) is 5.91 Å². The van der Waals surface area contributed by atoms with Crippen LogP contribution < -0.4 is 5.32 Å². The molecule has 3 aromatic rings. The molecule has 0 aliphatic carbocycles. The van der Waals surface area contributed by atoms with Crippen molar-refractivity contribution in [3.63, 3.8) is 0 Å². The van der Waals surface area contributed by atoms with Crippen molar-refractivity contribution < 1.29 is 9.18 Å². The fourth-order valence-electron chi connectivity index (χ4n) is 3.08. The number of benzene rings is 2. The van der Waals surface area contributed by atoms with E-state index in [0.29, 0.717) is 10.7 Å². The summed E-state index contributed by atoms with van der Waals surface area (Å²) < 4.78 is 13.3. The lowest BCUT2D eigenvalue weighted by atomic mass is 10.1. The van der Waals surface area contributed by atoms with E-state index in [4.69, 9.17) is 0 Å². The molecule has 2 heterocycles. The number of thiazole rings is 1. The van der Waals surface area contributed by atoms with Crippen molar-refractivity contribution in [2.24, 2.45) is 0 Å². The van der Waals surface area contributed by atoms with E-state index >= 15 is 0 Å². The van der Waals surface area contributed by atoms with Crippen molar-refractivity contribution in [2.75, 3.05) is 11.9 Å². The molecule has 2 aromatic carbocycles. The van der Waals surface area contributed by atoms with Crippen LogP contribution in [0.3, 0.4) is 0 Å². The average Bonchev–Trinajstić information content (AvgIpc) is 3.04. The molecule has 6 heteroatoms. The average molecular weight is 367 g/mol. The van der Waals surface area contributed by atoms with Crippen LogP contribution in [0.5, 0.6) is 0 Å². The van der Waals surface area contributed by atoms with Gasteiger partial charge in [0, 0.05) is 30.1 Å². The molecule has 0 saturated heterocycles. The molecular formula is C20H18FN3OS. The molecule has 1 aliphatic heterocycles. The van der Waals surface area contributed by atoms with Gasteiger partial charge in [-0.1, -0.05) is 36.4 Å². The first kappa shape index (κ1) is 16.9. The Morgan fingerprint density at radius 2 is 2.04 bits per heavy atom. The number of aromatic nitrogens is 1. The SMILES string of the molecule is O=C(Nc1nc2c(s1)CCN(Cc1ccccc1)C2)c1cccc(F)c1. The lowest BCUT2D eigenvalue weighted by Crippen LogP contribution is -2.29. The minimum absolute atomic E-state index is 0.295. The molecule has 0 bridgehead atoms. The van der Waals surface area contributed by atoms with Gasteiger partial charge in [0.15, 0.2) is 5.13 Å². The van der Waals surface area contributed by atoms with Gasteiger partial charge in [0.05, 0.1) is 5.69 Å². The van der Waals surface area contributed by atoms with Gasteiger partial charge in [0.1, 0.15) is 5.82 Å². The normalized spacial score (nSPS) is 14.0. The molecule has 1 amide bonds. The zero-order valence-corrected chi connectivity index (χ0v) is 14.9. The van der Waals surface area contributed by atoms with Crippen molar-refractivity contribution in [3.05, 3.63) is 82.1 Å². The Labute approximate surface area is 155 Å². The van der Waals surface area contributed by atoms with E-state index in [1.54, 1.807) is 6.07 Å². The highest BCUT2D eigenvalue weighted by atomic mass is 32.1. The van der Waals surface area contributed by atoms with Gasteiger partial charge in [-0.2, -0.15) is 0 Å². The fraction of sp³-hybridized carbons (Fsp3) is 0.200. The summed E-state index contributed by atoms with van der Waals surface area (Å²) in [5.74, 6) is -0.760. The van der Waals surface area contributed by atoms with Crippen LogP contribution in [0.1, 0.15) is 26.5 Å². The van der Waals surface area contributed by atoms with Gasteiger partial charge < -0.3 is 0 Å². The number of fused-ring (bicyclic) bond motifs is 1. The number of hydrogen-bond donors (Lipinski definition) is 1. The second-order valence-electron chi connectivity index (χ2n) is 6.30. The molecule has 1 aromatic heterocycles. The highest BCUT2D eigenvalue weighted by Gasteiger charge is 2.21. The minimum atomic E-state index is -0.423. The van der Waals surface area contributed by atoms with Gasteiger partial charge in [-0.15, -0.1) is 11.3 Å². The first-order valence-electron chi connectivity index (χ1n) is 8.49. The largest absolute Gasteiger partial charge is 0.298 e. The second kappa shape index (κ2) is 7.35. The Kier molecular flexibility index (Phi) is 4.77. The predicted octanol–water partition coefficient (Wildman–Crippen LogP) is 4.09. The molecule has 4 nitrogen and oxygen atoms in total. The summed E-state index contributed by atoms with van der Waals surface area (Å²) in [6, 6.07) is 16.0. The van der Waals surface area contributed by atoms with Crippen LogP contribution in [0.4, 0.5) is 9.52 Å². The number of carbonyl (C=O) groups is 1. The van der Waals surface area contributed by atoms with Gasteiger partial charge in [-0.05, 0) is 30.2 Å².